The number of morpholine rings is 1. The van der Waals surface area contributed by atoms with E-state index in [9.17, 15) is 45.1 Å². The minimum absolute atomic E-state index is 0.00817. The van der Waals surface area contributed by atoms with Gasteiger partial charge in [0.2, 0.25) is 0 Å². The number of hydrogen-bond donors (Lipinski definition) is 1. The van der Waals surface area contributed by atoms with E-state index in [1.807, 2.05) is 0 Å². The van der Waals surface area contributed by atoms with Crippen molar-refractivity contribution in [2.75, 3.05) is 19.6 Å². The van der Waals surface area contributed by atoms with Gasteiger partial charge < -0.3 is 14.4 Å². The maximum Gasteiger partial charge on any atom is 0.416 e. The maximum atomic E-state index is 14.2. The number of carbonyl (C=O) groups excluding carboxylic acids is 3. The number of aromatic nitrogens is 3. The monoisotopic (exact) mass is 636 g/mol. The van der Waals surface area contributed by atoms with Gasteiger partial charge in [0.25, 0.3) is 11.8 Å². The molecule has 3 aliphatic heterocycles. The van der Waals surface area contributed by atoms with Crippen LogP contribution in [0.5, 0.6) is 0 Å². The van der Waals surface area contributed by atoms with Gasteiger partial charge in [-0.15, -0.1) is 0 Å². The fraction of sp³-hybridized carbons (Fsp3) is 0.286. The highest BCUT2D eigenvalue weighted by atomic mass is 19.4. The Balaban J connectivity index is 1.37. The molecule has 4 aromatic rings. The van der Waals surface area contributed by atoms with Crippen molar-refractivity contribution in [1.29, 1.82) is 0 Å². The standard InChI is InChI=1S/C28H19F7N6O4/c29-26(30)12-40(13-27(31,32)45-26)25(44)39-6-5-38-11-17(16-8-15(28(33,34)35)7-14(10-39)22(16)38)20-21(24(43)37-23(20)42)18-9-36-19-3-1-2-4-41(18)19/h1-4,7-9,11H,5-6,10,12-13H2,(H,37,42,43). The van der Waals surface area contributed by atoms with Crippen LogP contribution in [0.3, 0.4) is 0 Å². The van der Waals surface area contributed by atoms with E-state index in [-0.39, 0.29) is 56.9 Å². The maximum absolute atomic E-state index is 14.2. The van der Waals surface area contributed by atoms with Crippen molar-refractivity contribution in [3.05, 3.63) is 71.3 Å². The molecule has 4 amide bonds. The van der Waals surface area contributed by atoms with Gasteiger partial charge in [0.1, 0.15) is 18.7 Å². The summed E-state index contributed by atoms with van der Waals surface area (Å²) in [5.74, 6) is -1.63. The molecule has 0 saturated carbocycles. The summed E-state index contributed by atoms with van der Waals surface area (Å²) in [6.45, 7) is -3.88. The van der Waals surface area contributed by atoms with E-state index in [0.717, 1.165) is 17.0 Å². The molecule has 7 rings (SSSR count). The van der Waals surface area contributed by atoms with E-state index in [4.69, 9.17) is 0 Å². The number of halogens is 7. The highest BCUT2D eigenvalue weighted by Crippen LogP contribution is 2.42. The smallest absolute Gasteiger partial charge is 0.345 e. The molecule has 0 spiro atoms. The lowest BCUT2D eigenvalue weighted by molar-refractivity contribution is -0.400. The fourth-order valence-corrected chi connectivity index (χ4v) is 6.06. The molecule has 234 valence electrons. The molecular weight excluding hydrogens is 617 g/mol. The molecule has 0 unspecified atom stereocenters. The summed E-state index contributed by atoms with van der Waals surface area (Å²) in [5.41, 5.74) is -0.664. The van der Waals surface area contributed by atoms with Crippen LogP contribution in [0, 0.1) is 0 Å². The van der Waals surface area contributed by atoms with Crippen molar-refractivity contribution in [2.45, 2.75) is 31.5 Å². The zero-order valence-corrected chi connectivity index (χ0v) is 22.7. The molecule has 17 heteroatoms. The van der Waals surface area contributed by atoms with Crippen LogP contribution in [0.4, 0.5) is 35.5 Å². The third-order valence-corrected chi connectivity index (χ3v) is 7.81. The van der Waals surface area contributed by atoms with Crippen molar-refractivity contribution in [3.63, 3.8) is 0 Å². The van der Waals surface area contributed by atoms with Crippen LogP contribution in [0.2, 0.25) is 0 Å². The third kappa shape index (κ3) is 4.77. The zero-order valence-electron chi connectivity index (χ0n) is 22.7. The normalized spacial score (nSPS) is 19.9. The molecular formula is C28H19F7N6O4. The lowest BCUT2D eigenvalue weighted by Crippen LogP contribution is -2.59. The topological polar surface area (TPSA) is 101 Å². The van der Waals surface area contributed by atoms with E-state index in [1.165, 1.54) is 17.0 Å². The lowest BCUT2D eigenvalue weighted by Gasteiger charge is -2.39. The predicted octanol–water partition coefficient (Wildman–Crippen LogP) is 4.33. The van der Waals surface area contributed by atoms with Crippen LogP contribution in [-0.2, 0) is 33.6 Å². The van der Waals surface area contributed by atoms with Gasteiger partial charge in [-0.3, -0.25) is 24.0 Å². The van der Waals surface area contributed by atoms with Crippen molar-refractivity contribution in [2.24, 2.45) is 0 Å². The number of ether oxygens (including phenoxy) is 1. The van der Waals surface area contributed by atoms with Crippen LogP contribution < -0.4 is 5.32 Å². The molecule has 6 heterocycles. The number of urea groups is 1. The van der Waals surface area contributed by atoms with Crippen molar-refractivity contribution < 1.29 is 49.9 Å². The van der Waals surface area contributed by atoms with Gasteiger partial charge in [-0.2, -0.15) is 30.7 Å². The number of fused-ring (bicyclic) bond motifs is 1. The minimum atomic E-state index is -4.90. The van der Waals surface area contributed by atoms with E-state index >= 15 is 0 Å². The highest BCUT2D eigenvalue weighted by Gasteiger charge is 2.53. The number of nitrogens with one attached hydrogen (secondary N) is 1. The fourth-order valence-electron chi connectivity index (χ4n) is 6.06. The average molecular weight is 636 g/mol. The quantitative estimate of drug-likeness (QED) is 0.261. The summed E-state index contributed by atoms with van der Waals surface area (Å²) in [6, 6.07) is 5.38. The molecule has 3 aliphatic rings. The van der Waals surface area contributed by atoms with E-state index in [0.29, 0.717) is 5.65 Å². The first-order valence-electron chi connectivity index (χ1n) is 13.4. The molecule has 0 radical (unpaired) electrons. The molecule has 1 saturated heterocycles. The first-order chi connectivity index (χ1) is 21.1. The summed E-state index contributed by atoms with van der Waals surface area (Å²) in [6.07, 6.45) is -9.26. The molecule has 0 aliphatic carbocycles. The molecule has 10 nitrogen and oxygen atoms in total. The number of hydrogen-bond acceptors (Lipinski definition) is 5. The van der Waals surface area contributed by atoms with Crippen LogP contribution >= 0.6 is 0 Å². The summed E-state index contributed by atoms with van der Waals surface area (Å²) in [7, 11) is 0. The number of carbonyl (C=O) groups is 3. The minimum Gasteiger partial charge on any atom is -0.345 e. The van der Waals surface area contributed by atoms with Gasteiger partial charge in [-0.25, -0.2) is 9.78 Å². The van der Waals surface area contributed by atoms with Crippen molar-refractivity contribution in [3.8, 4) is 0 Å². The Morgan fingerprint density at radius 3 is 2.38 bits per heavy atom. The van der Waals surface area contributed by atoms with Gasteiger partial charge in [-0.1, -0.05) is 6.07 Å². The Morgan fingerprint density at radius 2 is 1.67 bits per heavy atom. The van der Waals surface area contributed by atoms with E-state index < -0.39 is 61.4 Å². The number of rotatable bonds is 2. The molecule has 3 aromatic heterocycles. The van der Waals surface area contributed by atoms with Gasteiger partial charge >= 0.3 is 24.4 Å². The van der Waals surface area contributed by atoms with Gasteiger partial charge in [-0.05, 0) is 29.8 Å². The molecule has 1 fully saturated rings. The molecule has 0 atom stereocenters. The van der Waals surface area contributed by atoms with Crippen molar-refractivity contribution in [1.82, 2.24) is 29.1 Å². The Hall–Kier alpha value is -4.93. The second-order valence-corrected chi connectivity index (χ2v) is 10.8. The second kappa shape index (κ2) is 9.53. The van der Waals surface area contributed by atoms with Crippen molar-refractivity contribution >= 4 is 45.5 Å². The molecule has 0 bridgehead atoms. The third-order valence-electron chi connectivity index (χ3n) is 7.81. The molecule has 1 aromatic carbocycles. The summed E-state index contributed by atoms with van der Waals surface area (Å²) in [5, 5.41) is 2.14. The van der Waals surface area contributed by atoms with Crippen LogP contribution in [0.15, 0.2) is 48.9 Å². The number of imidazole rings is 1. The number of amides is 4. The summed E-state index contributed by atoms with van der Waals surface area (Å²) >= 11 is 0. The first kappa shape index (κ1) is 28.8. The van der Waals surface area contributed by atoms with Crippen LogP contribution in [-0.4, -0.2) is 73.4 Å². The van der Waals surface area contributed by atoms with E-state index in [2.05, 4.69) is 15.0 Å². The Kier molecular flexibility index (Phi) is 6.11. The Bertz CT molecular complexity index is 1960. The number of nitrogens with zero attached hydrogens (tertiary/aromatic N) is 5. The highest BCUT2D eigenvalue weighted by molar-refractivity contribution is 6.49. The Labute approximate surface area is 247 Å². The Morgan fingerprint density at radius 1 is 0.956 bits per heavy atom. The van der Waals surface area contributed by atoms with Crippen LogP contribution in [0.25, 0.3) is 27.7 Å². The second-order valence-electron chi connectivity index (χ2n) is 10.8. The summed E-state index contributed by atoms with van der Waals surface area (Å²) < 4.78 is 104. The number of imide groups is 1. The van der Waals surface area contributed by atoms with Gasteiger partial charge in [0, 0.05) is 43.0 Å². The number of pyridine rings is 1. The molecule has 45 heavy (non-hydrogen) atoms. The lowest BCUT2D eigenvalue weighted by atomic mass is 9.96. The van der Waals surface area contributed by atoms with Gasteiger partial charge in [0.05, 0.1) is 34.1 Å². The predicted molar refractivity (Wildman–Crippen MR) is 140 cm³/mol. The SMILES string of the molecule is O=C1NC(=O)C(c2cnc3ccccn23)=C1c1cn2c3c(cc(C(F)(F)F)cc13)CN(C(=O)N1CC(F)(F)OC(F)(F)C1)CC2. The number of alkyl halides is 7. The van der Waals surface area contributed by atoms with E-state index in [1.54, 1.807) is 28.8 Å². The largest absolute Gasteiger partial charge is 0.416 e. The van der Waals surface area contributed by atoms with Gasteiger partial charge in [0.15, 0.2) is 0 Å². The average Bonchev–Trinajstić information content (AvgIpc) is 3.56. The van der Waals surface area contributed by atoms with Crippen LogP contribution in [0.1, 0.15) is 22.4 Å². The summed E-state index contributed by atoms with van der Waals surface area (Å²) in [4.78, 5) is 44.8. The zero-order chi connectivity index (χ0) is 32.1. The number of benzene rings is 1. The first-order valence-corrected chi connectivity index (χ1v) is 13.4. The molecule has 1 N–H and O–H groups in total.